The molecular weight excluding hydrogens is 138 g/mol. The molecule has 0 fully saturated rings. The molecule has 1 rings (SSSR count). The van der Waals surface area contributed by atoms with Gasteiger partial charge in [0, 0.05) is 11.9 Å². The summed E-state index contributed by atoms with van der Waals surface area (Å²) in [5, 5.41) is 14.3. The summed E-state index contributed by atoms with van der Waals surface area (Å²) in [6.07, 6.45) is -0.649. The topological polar surface area (TPSA) is 72.0 Å². The standard InChI is InChI=1S/C4H7N3OS/c5-1-4(8)3-2-9-7-6-3/h2,4,8H,1,5H2. The maximum atomic E-state index is 9.00. The Hall–Kier alpha value is -0.520. The van der Waals surface area contributed by atoms with Crippen LogP contribution in [0.1, 0.15) is 11.8 Å². The fourth-order valence-electron chi connectivity index (χ4n) is 0.438. The van der Waals surface area contributed by atoms with E-state index in [-0.39, 0.29) is 6.54 Å². The molecule has 1 aromatic rings. The Morgan fingerprint density at radius 3 is 3.11 bits per heavy atom. The fraction of sp³-hybridized carbons (Fsp3) is 0.500. The zero-order chi connectivity index (χ0) is 6.69. The van der Waals surface area contributed by atoms with Crippen LogP contribution in [0.2, 0.25) is 0 Å². The van der Waals surface area contributed by atoms with Gasteiger partial charge in [0.25, 0.3) is 0 Å². The number of aromatic nitrogens is 2. The number of nitrogens with two attached hydrogens (primary N) is 1. The van der Waals surface area contributed by atoms with Gasteiger partial charge in [0.05, 0.1) is 0 Å². The zero-order valence-corrected chi connectivity index (χ0v) is 5.51. The normalized spacial score (nSPS) is 13.6. The smallest absolute Gasteiger partial charge is 0.111 e. The SMILES string of the molecule is NCC(O)c1csnn1. The van der Waals surface area contributed by atoms with E-state index in [0.717, 1.165) is 0 Å². The first-order chi connectivity index (χ1) is 4.34. The van der Waals surface area contributed by atoms with Crippen LogP contribution in [-0.4, -0.2) is 21.2 Å². The van der Waals surface area contributed by atoms with Crippen LogP contribution in [0.25, 0.3) is 0 Å². The molecule has 1 heterocycles. The molecule has 9 heavy (non-hydrogen) atoms. The molecule has 0 saturated carbocycles. The molecule has 3 N–H and O–H groups in total. The van der Waals surface area contributed by atoms with E-state index in [9.17, 15) is 0 Å². The number of aliphatic hydroxyl groups excluding tert-OH is 1. The molecule has 0 radical (unpaired) electrons. The number of hydrogen-bond acceptors (Lipinski definition) is 5. The first-order valence-electron chi connectivity index (χ1n) is 2.49. The first kappa shape index (κ1) is 6.60. The number of nitrogens with zero attached hydrogens (tertiary/aromatic N) is 2. The van der Waals surface area contributed by atoms with E-state index in [1.165, 1.54) is 11.5 Å². The molecule has 1 atom stereocenters. The molecule has 0 aliphatic carbocycles. The van der Waals surface area contributed by atoms with Crippen molar-refractivity contribution in [3.8, 4) is 0 Å². The molecule has 0 aromatic carbocycles. The lowest BCUT2D eigenvalue weighted by Gasteiger charge is -1.99. The van der Waals surface area contributed by atoms with Crippen LogP contribution in [-0.2, 0) is 0 Å². The molecule has 5 heteroatoms. The minimum absolute atomic E-state index is 0.200. The van der Waals surface area contributed by atoms with Gasteiger partial charge in [-0.05, 0) is 11.5 Å². The van der Waals surface area contributed by atoms with Crippen molar-refractivity contribution in [1.29, 1.82) is 0 Å². The van der Waals surface area contributed by atoms with Gasteiger partial charge in [0.15, 0.2) is 0 Å². The highest BCUT2D eigenvalue weighted by atomic mass is 32.1. The van der Waals surface area contributed by atoms with E-state index < -0.39 is 6.10 Å². The molecule has 1 aromatic heterocycles. The average molecular weight is 145 g/mol. The van der Waals surface area contributed by atoms with E-state index in [2.05, 4.69) is 9.59 Å². The molecule has 1 unspecified atom stereocenters. The highest BCUT2D eigenvalue weighted by Crippen LogP contribution is 2.07. The van der Waals surface area contributed by atoms with E-state index in [4.69, 9.17) is 10.8 Å². The number of rotatable bonds is 2. The third-order valence-electron chi connectivity index (χ3n) is 0.942. The maximum absolute atomic E-state index is 9.00. The van der Waals surface area contributed by atoms with Gasteiger partial charge in [0.1, 0.15) is 11.8 Å². The molecule has 4 nitrogen and oxygen atoms in total. The van der Waals surface area contributed by atoms with Crippen molar-refractivity contribution in [2.75, 3.05) is 6.54 Å². The van der Waals surface area contributed by atoms with E-state index >= 15 is 0 Å². The van der Waals surface area contributed by atoms with Crippen molar-refractivity contribution >= 4 is 11.5 Å². The van der Waals surface area contributed by atoms with Crippen LogP contribution in [0.5, 0.6) is 0 Å². The molecule has 0 bridgehead atoms. The lowest BCUT2D eigenvalue weighted by atomic mass is 10.3. The van der Waals surface area contributed by atoms with Gasteiger partial charge in [0.2, 0.25) is 0 Å². The van der Waals surface area contributed by atoms with Crippen molar-refractivity contribution in [2.45, 2.75) is 6.10 Å². The highest BCUT2D eigenvalue weighted by molar-refractivity contribution is 7.03. The Labute approximate surface area is 56.5 Å². The second-order valence-electron chi connectivity index (χ2n) is 1.58. The van der Waals surface area contributed by atoms with Gasteiger partial charge in [-0.25, -0.2) is 0 Å². The van der Waals surface area contributed by atoms with Crippen LogP contribution in [0.4, 0.5) is 0 Å². The van der Waals surface area contributed by atoms with Gasteiger partial charge in [-0.1, -0.05) is 4.49 Å². The van der Waals surface area contributed by atoms with Crippen LogP contribution >= 0.6 is 11.5 Å². The fourth-order valence-corrected chi connectivity index (χ4v) is 0.939. The average Bonchev–Trinajstić information content (AvgIpc) is 2.37. The summed E-state index contributed by atoms with van der Waals surface area (Å²) in [5.41, 5.74) is 5.71. The number of hydrogen-bond donors (Lipinski definition) is 2. The first-order valence-corrected chi connectivity index (χ1v) is 3.33. The van der Waals surface area contributed by atoms with Gasteiger partial charge in [-0.2, -0.15) is 0 Å². The summed E-state index contributed by atoms with van der Waals surface area (Å²) < 4.78 is 3.57. The molecule has 0 spiro atoms. The maximum Gasteiger partial charge on any atom is 0.111 e. The van der Waals surface area contributed by atoms with Crippen LogP contribution in [0.15, 0.2) is 5.38 Å². The predicted molar refractivity (Wildman–Crippen MR) is 33.9 cm³/mol. The minimum atomic E-state index is -0.649. The molecule has 0 saturated heterocycles. The minimum Gasteiger partial charge on any atom is -0.385 e. The van der Waals surface area contributed by atoms with Gasteiger partial charge in [-0.15, -0.1) is 5.10 Å². The monoisotopic (exact) mass is 145 g/mol. The lowest BCUT2D eigenvalue weighted by molar-refractivity contribution is 0.182. The zero-order valence-electron chi connectivity index (χ0n) is 4.69. The molecule has 0 aliphatic rings. The van der Waals surface area contributed by atoms with Crippen molar-refractivity contribution in [2.24, 2.45) is 5.73 Å². The number of aliphatic hydroxyl groups is 1. The summed E-state index contributed by atoms with van der Waals surface area (Å²) in [6, 6.07) is 0. The van der Waals surface area contributed by atoms with Crippen molar-refractivity contribution in [1.82, 2.24) is 9.59 Å². The molecule has 0 aliphatic heterocycles. The Morgan fingerprint density at radius 1 is 1.89 bits per heavy atom. The summed E-state index contributed by atoms with van der Waals surface area (Å²) in [6.45, 7) is 0.200. The third-order valence-corrected chi connectivity index (χ3v) is 1.46. The Kier molecular flexibility index (Phi) is 2.10. The summed E-state index contributed by atoms with van der Waals surface area (Å²) in [7, 11) is 0. The van der Waals surface area contributed by atoms with E-state index in [1.54, 1.807) is 5.38 Å². The van der Waals surface area contributed by atoms with E-state index in [1.807, 2.05) is 0 Å². The highest BCUT2D eigenvalue weighted by Gasteiger charge is 2.06. The quantitative estimate of drug-likeness (QED) is 0.590. The lowest BCUT2D eigenvalue weighted by Crippen LogP contribution is -2.11. The van der Waals surface area contributed by atoms with Crippen molar-refractivity contribution in [3.63, 3.8) is 0 Å². The predicted octanol–water partition coefficient (Wildman–Crippen LogP) is -0.470. The Bertz CT molecular complexity index is 164. The second-order valence-corrected chi connectivity index (χ2v) is 2.19. The van der Waals surface area contributed by atoms with Gasteiger partial charge < -0.3 is 10.8 Å². The van der Waals surface area contributed by atoms with Crippen LogP contribution < -0.4 is 5.73 Å². The Morgan fingerprint density at radius 2 is 2.67 bits per heavy atom. The summed E-state index contributed by atoms with van der Waals surface area (Å²) in [4.78, 5) is 0. The molecular formula is C4H7N3OS. The van der Waals surface area contributed by atoms with Crippen molar-refractivity contribution in [3.05, 3.63) is 11.1 Å². The summed E-state index contributed by atoms with van der Waals surface area (Å²) in [5.74, 6) is 0. The van der Waals surface area contributed by atoms with Crippen molar-refractivity contribution < 1.29 is 5.11 Å². The van der Waals surface area contributed by atoms with Gasteiger partial charge in [-0.3, -0.25) is 0 Å². The third kappa shape index (κ3) is 1.44. The largest absolute Gasteiger partial charge is 0.385 e. The van der Waals surface area contributed by atoms with Gasteiger partial charge >= 0.3 is 0 Å². The summed E-state index contributed by atoms with van der Waals surface area (Å²) >= 11 is 1.21. The molecule has 50 valence electrons. The second kappa shape index (κ2) is 2.86. The Balaban J connectivity index is 2.65. The molecule has 0 amide bonds. The van der Waals surface area contributed by atoms with Crippen LogP contribution in [0, 0.1) is 0 Å². The van der Waals surface area contributed by atoms with Crippen LogP contribution in [0.3, 0.4) is 0 Å². The van der Waals surface area contributed by atoms with E-state index in [0.29, 0.717) is 5.69 Å².